The second-order valence-corrected chi connectivity index (χ2v) is 7.71. The van der Waals surface area contributed by atoms with Crippen LogP contribution in [0.3, 0.4) is 0 Å². The third kappa shape index (κ3) is 2.42. The molecule has 0 saturated carbocycles. The van der Waals surface area contributed by atoms with Crippen LogP contribution in [0.15, 0.2) is 30.3 Å². The number of thioether (sulfide) groups is 1. The Kier molecular flexibility index (Phi) is 3.45. The van der Waals surface area contributed by atoms with Gasteiger partial charge in [0.2, 0.25) is 5.91 Å². The summed E-state index contributed by atoms with van der Waals surface area (Å²) in [6.07, 6.45) is -0.532. The van der Waals surface area contributed by atoms with E-state index >= 15 is 0 Å². The summed E-state index contributed by atoms with van der Waals surface area (Å²) in [5.74, 6) is -0.369. The molecule has 0 aliphatic carbocycles. The molecule has 21 heavy (non-hydrogen) atoms. The monoisotopic (exact) mass is 306 g/mol. The number of carbonyl (C=O) groups is 2. The lowest BCUT2D eigenvalue weighted by molar-refractivity contribution is -0.162. The largest absolute Gasteiger partial charge is 0.372 e. The van der Waals surface area contributed by atoms with Crippen molar-refractivity contribution in [1.82, 2.24) is 10.2 Å². The molecular weight excluding hydrogens is 288 g/mol. The first-order valence-electron chi connectivity index (χ1n) is 6.91. The molecular formula is C15H18N2O3S. The summed E-state index contributed by atoms with van der Waals surface area (Å²) in [4.78, 5) is 25.6. The van der Waals surface area contributed by atoms with Crippen molar-refractivity contribution in [3.05, 3.63) is 35.9 Å². The first kappa shape index (κ1) is 14.4. The quantitative estimate of drug-likeness (QED) is 0.808. The van der Waals surface area contributed by atoms with Gasteiger partial charge >= 0.3 is 0 Å². The molecule has 0 radical (unpaired) electrons. The molecule has 2 amide bonds. The van der Waals surface area contributed by atoms with Crippen molar-refractivity contribution in [2.75, 3.05) is 0 Å². The predicted octanol–water partition coefficient (Wildman–Crippen LogP) is 0.726. The number of aliphatic hydroxyl groups excluding tert-OH is 1. The van der Waals surface area contributed by atoms with E-state index in [2.05, 4.69) is 5.32 Å². The molecule has 2 aliphatic rings. The van der Waals surface area contributed by atoms with Gasteiger partial charge in [0, 0.05) is 0 Å². The Morgan fingerprint density at radius 2 is 2.05 bits per heavy atom. The fraction of sp³-hybridized carbons (Fsp3) is 0.467. The van der Waals surface area contributed by atoms with Gasteiger partial charge in [-0.15, -0.1) is 11.8 Å². The number of benzene rings is 1. The number of nitrogens with zero attached hydrogens (tertiary/aromatic N) is 1. The topological polar surface area (TPSA) is 69.6 Å². The van der Waals surface area contributed by atoms with Crippen molar-refractivity contribution in [1.29, 1.82) is 0 Å². The highest BCUT2D eigenvalue weighted by molar-refractivity contribution is 8.01. The molecule has 2 N–H and O–H groups in total. The number of aliphatic hydroxyl groups is 1. The maximum atomic E-state index is 12.1. The van der Waals surface area contributed by atoms with E-state index in [1.807, 2.05) is 44.2 Å². The standard InChI is InChI=1S/C15H18N2O3S/c1-15(2)14(20)17-12(19)11(13(17)21-15)16-10(18)8-9-6-4-3-5-7-9/h3-7,11,13-14,20H,8H2,1-2H3,(H,16,18)/t11?,13-,14?/m1/s1. The molecule has 6 heteroatoms. The van der Waals surface area contributed by atoms with E-state index in [1.165, 1.54) is 16.7 Å². The average Bonchev–Trinajstić information content (AvgIpc) is 2.65. The minimum absolute atomic E-state index is 0.165. The van der Waals surface area contributed by atoms with E-state index in [9.17, 15) is 14.7 Å². The molecule has 0 spiro atoms. The van der Waals surface area contributed by atoms with Gasteiger partial charge in [-0.1, -0.05) is 30.3 Å². The second-order valence-electron chi connectivity index (χ2n) is 5.94. The number of carbonyl (C=O) groups excluding carboxylic acids is 2. The van der Waals surface area contributed by atoms with Crippen LogP contribution in [-0.2, 0) is 16.0 Å². The van der Waals surface area contributed by atoms with E-state index in [0.29, 0.717) is 0 Å². The minimum Gasteiger partial charge on any atom is -0.372 e. The van der Waals surface area contributed by atoms with Gasteiger partial charge in [-0.05, 0) is 19.4 Å². The van der Waals surface area contributed by atoms with Gasteiger partial charge < -0.3 is 10.4 Å². The highest BCUT2D eigenvalue weighted by Gasteiger charge is 2.61. The van der Waals surface area contributed by atoms with Gasteiger partial charge in [0.25, 0.3) is 5.91 Å². The Morgan fingerprint density at radius 1 is 1.38 bits per heavy atom. The Balaban J connectivity index is 1.62. The summed E-state index contributed by atoms with van der Waals surface area (Å²) in [5.41, 5.74) is 0.915. The minimum atomic E-state index is -0.790. The summed E-state index contributed by atoms with van der Waals surface area (Å²) < 4.78 is -0.404. The molecule has 5 nitrogen and oxygen atoms in total. The Labute approximate surface area is 127 Å². The van der Waals surface area contributed by atoms with Gasteiger partial charge in [-0.2, -0.15) is 0 Å². The zero-order chi connectivity index (χ0) is 15.2. The third-order valence-electron chi connectivity index (χ3n) is 3.91. The summed E-state index contributed by atoms with van der Waals surface area (Å²) in [7, 11) is 0. The second kappa shape index (κ2) is 5.03. The summed E-state index contributed by atoms with van der Waals surface area (Å²) in [6.45, 7) is 3.80. The Morgan fingerprint density at radius 3 is 2.71 bits per heavy atom. The molecule has 2 heterocycles. The average molecular weight is 306 g/mol. The van der Waals surface area contributed by atoms with Crippen LogP contribution in [0.2, 0.25) is 0 Å². The number of fused-ring (bicyclic) bond motifs is 1. The SMILES string of the molecule is CC1(C)S[C@@H]2C(NC(=O)Cc3ccccc3)C(=O)N2C1O. The van der Waals surface area contributed by atoms with E-state index in [-0.39, 0.29) is 23.6 Å². The number of hydrogen-bond donors (Lipinski definition) is 2. The number of nitrogens with one attached hydrogen (secondary N) is 1. The van der Waals surface area contributed by atoms with E-state index in [1.54, 1.807) is 0 Å². The molecule has 1 aromatic rings. The summed E-state index contributed by atoms with van der Waals surface area (Å²) in [5, 5.41) is 12.7. The zero-order valence-corrected chi connectivity index (χ0v) is 12.8. The highest BCUT2D eigenvalue weighted by atomic mass is 32.2. The maximum absolute atomic E-state index is 12.1. The van der Waals surface area contributed by atoms with Gasteiger partial charge in [0.05, 0.1) is 11.2 Å². The summed E-state index contributed by atoms with van der Waals surface area (Å²) in [6, 6.07) is 8.89. The first-order chi connectivity index (χ1) is 9.90. The fourth-order valence-corrected chi connectivity index (χ4v) is 4.23. The van der Waals surface area contributed by atoms with Crippen LogP contribution in [0.1, 0.15) is 19.4 Å². The number of hydrogen-bond acceptors (Lipinski definition) is 4. The molecule has 2 saturated heterocycles. The molecule has 0 aromatic heterocycles. The van der Waals surface area contributed by atoms with Crippen molar-refractivity contribution in [2.24, 2.45) is 0 Å². The van der Waals surface area contributed by atoms with Crippen molar-refractivity contribution < 1.29 is 14.7 Å². The molecule has 0 bridgehead atoms. The Hall–Kier alpha value is -1.53. The van der Waals surface area contributed by atoms with Gasteiger partial charge in [-0.25, -0.2) is 0 Å². The molecule has 2 fully saturated rings. The lowest BCUT2D eigenvalue weighted by Crippen LogP contribution is -2.69. The molecule has 2 unspecified atom stereocenters. The molecule has 3 atom stereocenters. The fourth-order valence-electron chi connectivity index (χ4n) is 2.72. The molecule has 1 aromatic carbocycles. The van der Waals surface area contributed by atoms with Crippen LogP contribution in [0.5, 0.6) is 0 Å². The van der Waals surface area contributed by atoms with Crippen LogP contribution in [0.4, 0.5) is 0 Å². The van der Waals surface area contributed by atoms with Crippen molar-refractivity contribution in [2.45, 2.75) is 42.7 Å². The Bertz CT molecular complexity index is 576. The lowest BCUT2D eigenvalue weighted by atomic mass is 10.0. The van der Waals surface area contributed by atoms with E-state index < -0.39 is 17.0 Å². The smallest absolute Gasteiger partial charge is 0.251 e. The van der Waals surface area contributed by atoms with Crippen molar-refractivity contribution in [3.8, 4) is 0 Å². The van der Waals surface area contributed by atoms with E-state index in [0.717, 1.165) is 5.56 Å². The van der Waals surface area contributed by atoms with Gasteiger partial charge in [0.1, 0.15) is 17.6 Å². The van der Waals surface area contributed by atoms with Gasteiger partial charge in [0.15, 0.2) is 0 Å². The van der Waals surface area contributed by atoms with Gasteiger partial charge in [-0.3, -0.25) is 14.5 Å². The highest BCUT2D eigenvalue weighted by Crippen LogP contribution is 2.49. The number of amides is 2. The van der Waals surface area contributed by atoms with Crippen molar-refractivity contribution >= 4 is 23.6 Å². The number of rotatable bonds is 3. The van der Waals surface area contributed by atoms with Crippen LogP contribution in [-0.4, -0.2) is 44.2 Å². The third-order valence-corrected chi connectivity index (χ3v) is 5.47. The van der Waals surface area contributed by atoms with Crippen LogP contribution in [0, 0.1) is 0 Å². The normalized spacial score (nSPS) is 29.8. The predicted molar refractivity (Wildman–Crippen MR) is 80.4 cm³/mol. The summed E-state index contributed by atoms with van der Waals surface area (Å²) >= 11 is 1.53. The number of β-lactam (4-membered cyclic amide) rings is 1. The molecule has 2 aliphatic heterocycles. The zero-order valence-electron chi connectivity index (χ0n) is 11.9. The van der Waals surface area contributed by atoms with Crippen LogP contribution >= 0.6 is 11.8 Å². The maximum Gasteiger partial charge on any atom is 0.251 e. The first-order valence-corrected chi connectivity index (χ1v) is 7.79. The lowest BCUT2D eigenvalue weighted by Gasteiger charge is -2.43. The molecule has 3 rings (SSSR count). The van der Waals surface area contributed by atoms with Crippen molar-refractivity contribution in [3.63, 3.8) is 0 Å². The molecule has 112 valence electrons. The van der Waals surface area contributed by atoms with E-state index in [4.69, 9.17) is 0 Å². The van der Waals surface area contributed by atoms with Crippen LogP contribution < -0.4 is 5.32 Å². The van der Waals surface area contributed by atoms with Crippen LogP contribution in [0.25, 0.3) is 0 Å².